The third-order valence-corrected chi connectivity index (χ3v) is 3.43. The molecule has 0 aromatic carbocycles. The van der Waals surface area contributed by atoms with Crippen molar-refractivity contribution >= 4 is 0 Å². The van der Waals surface area contributed by atoms with Crippen molar-refractivity contribution in [2.75, 3.05) is 6.79 Å². The molecule has 0 unspecified atom stereocenters. The minimum Gasteiger partial charge on any atom is -0.353 e. The summed E-state index contributed by atoms with van der Waals surface area (Å²) in [6, 6.07) is 0. The van der Waals surface area contributed by atoms with E-state index in [-0.39, 0.29) is 12.2 Å². The lowest BCUT2D eigenvalue weighted by Gasteiger charge is -2.28. The maximum absolute atomic E-state index is 5.13. The summed E-state index contributed by atoms with van der Waals surface area (Å²) >= 11 is 0. The van der Waals surface area contributed by atoms with Crippen molar-refractivity contribution in [3.05, 3.63) is 0 Å². The molecule has 0 amide bonds. The average molecular weight is 389 g/mol. The molecule has 0 radical (unpaired) electrons. The quantitative estimate of drug-likeness (QED) is 0.387. The molecule has 0 aromatic heterocycles. The van der Waals surface area contributed by atoms with Crippen molar-refractivity contribution < 1.29 is 9.47 Å². The average Bonchev–Trinajstić information content (AvgIpc) is 2.33. The molecule has 0 spiro atoms. The van der Waals surface area contributed by atoms with Gasteiger partial charge in [-0.05, 0) is 56.8 Å². The Bertz CT molecular complexity index is 244. The summed E-state index contributed by atoms with van der Waals surface area (Å²) in [7, 11) is 0. The molecule has 0 rings (SSSR count). The zero-order valence-corrected chi connectivity index (χ0v) is 21.7. The van der Waals surface area contributed by atoms with Gasteiger partial charge in [0.2, 0.25) is 0 Å². The molecule has 27 heavy (non-hydrogen) atoms. The predicted molar refractivity (Wildman–Crippen MR) is 124 cm³/mol. The number of ether oxygens (including phenoxy) is 2. The van der Waals surface area contributed by atoms with E-state index < -0.39 is 0 Å². The Hall–Kier alpha value is -0.0800. The van der Waals surface area contributed by atoms with Crippen LogP contribution in [0.15, 0.2) is 0 Å². The monoisotopic (exact) mass is 388 g/mol. The molecular formula is C25H56O2. The van der Waals surface area contributed by atoms with Crippen LogP contribution in [-0.2, 0) is 9.47 Å². The first-order valence-corrected chi connectivity index (χ1v) is 11.2. The first-order chi connectivity index (χ1) is 12.0. The summed E-state index contributed by atoms with van der Waals surface area (Å²) < 4.78 is 10.3. The van der Waals surface area contributed by atoms with Gasteiger partial charge < -0.3 is 9.47 Å². The summed E-state index contributed by atoms with van der Waals surface area (Å²) in [5, 5.41) is 0. The zero-order chi connectivity index (χ0) is 22.3. The highest BCUT2D eigenvalue weighted by molar-refractivity contribution is 4.71. The number of hydrogen-bond donors (Lipinski definition) is 0. The SMILES string of the molecule is CC(C)(C)CC(C)(C)C.CC(C)CCCC(C)C.CC(C)OCOC(C)C. The number of hydrogen-bond acceptors (Lipinski definition) is 2. The highest BCUT2D eigenvalue weighted by Gasteiger charge is 2.20. The van der Waals surface area contributed by atoms with Crippen LogP contribution in [0.4, 0.5) is 0 Å². The summed E-state index contributed by atoms with van der Waals surface area (Å²) in [6.45, 7) is 31.3. The van der Waals surface area contributed by atoms with E-state index in [4.69, 9.17) is 9.47 Å². The molecule has 168 valence electrons. The van der Waals surface area contributed by atoms with Crippen LogP contribution in [0.2, 0.25) is 0 Å². The minimum atomic E-state index is 0.267. The maximum Gasteiger partial charge on any atom is 0.147 e. The van der Waals surface area contributed by atoms with Crippen molar-refractivity contribution in [2.24, 2.45) is 22.7 Å². The molecule has 0 aromatic rings. The summed E-state index contributed by atoms with van der Waals surface area (Å²) in [6.07, 6.45) is 6.04. The molecule has 0 heterocycles. The van der Waals surface area contributed by atoms with Crippen LogP contribution in [-0.4, -0.2) is 19.0 Å². The Morgan fingerprint density at radius 3 is 1.00 bits per heavy atom. The molecule has 0 atom stereocenters. The molecule has 0 aliphatic rings. The molecule has 0 N–H and O–H groups in total. The number of rotatable bonds is 8. The molecule has 0 saturated heterocycles. The van der Waals surface area contributed by atoms with Gasteiger partial charge in [0.15, 0.2) is 0 Å². The van der Waals surface area contributed by atoms with Gasteiger partial charge in [0.05, 0.1) is 12.2 Å². The van der Waals surface area contributed by atoms with Gasteiger partial charge in [0.1, 0.15) is 6.79 Å². The third kappa shape index (κ3) is 46.2. The Kier molecular flexibility index (Phi) is 19.7. The second-order valence-electron chi connectivity index (χ2n) is 11.6. The topological polar surface area (TPSA) is 18.5 Å². The lowest BCUT2D eigenvalue weighted by atomic mass is 9.78. The Morgan fingerprint density at radius 1 is 0.556 bits per heavy atom. The normalized spacial score (nSPS) is 12.2. The molecule has 0 saturated carbocycles. The molecule has 2 heteroatoms. The lowest BCUT2D eigenvalue weighted by Crippen LogP contribution is -2.16. The lowest BCUT2D eigenvalue weighted by molar-refractivity contribution is -0.0994. The fourth-order valence-corrected chi connectivity index (χ4v) is 2.84. The van der Waals surface area contributed by atoms with Gasteiger partial charge in [-0.3, -0.25) is 0 Å². The van der Waals surface area contributed by atoms with Crippen molar-refractivity contribution in [3.8, 4) is 0 Å². The largest absolute Gasteiger partial charge is 0.353 e. The highest BCUT2D eigenvalue weighted by atomic mass is 16.7. The molecule has 0 fully saturated rings. The molecule has 2 nitrogen and oxygen atoms in total. The van der Waals surface area contributed by atoms with E-state index in [1.54, 1.807) is 0 Å². The van der Waals surface area contributed by atoms with Crippen molar-refractivity contribution in [2.45, 2.75) is 135 Å². The predicted octanol–water partition coefficient (Wildman–Crippen LogP) is 8.73. The first-order valence-electron chi connectivity index (χ1n) is 11.2. The maximum atomic E-state index is 5.13. The van der Waals surface area contributed by atoms with Crippen molar-refractivity contribution in [1.29, 1.82) is 0 Å². The van der Waals surface area contributed by atoms with Gasteiger partial charge in [-0.15, -0.1) is 0 Å². The van der Waals surface area contributed by atoms with E-state index in [1.165, 1.54) is 25.7 Å². The van der Waals surface area contributed by atoms with E-state index in [0.29, 0.717) is 17.6 Å². The molecule has 0 bridgehead atoms. The fourth-order valence-electron chi connectivity index (χ4n) is 2.84. The highest BCUT2D eigenvalue weighted by Crippen LogP contribution is 2.31. The van der Waals surface area contributed by atoms with Crippen LogP contribution in [0.25, 0.3) is 0 Å². The second-order valence-corrected chi connectivity index (χ2v) is 11.6. The fraction of sp³-hybridized carbons (Fsp3) is 1.00. The third-order valence-electron chi connectivity index (χ3n) is 3.43. The Balaban J connectivity index is -0.000000320. The van der Waals surface area contributed by atoms with Gasteiger partial charge >= 0.3 is 0 Å². The van der Waals surface area contributed by atoms with Crippen LogP contribution < -0.4 is 0 Å². The van der Waals surface area contributed by atoms with Gasteiger partial charge in [-0.1, -0.05) is 88.5 Å². The van der Waals surface area contributed by atoms with Crippen LogP contribution in [0, 0.1) is 22.7 Å². The summed E-state index contributed by atoms with van der Waals surface area (Å²) in [4.78, 5) is 0. The van der Waals surface area contributed by atoms with E-state index in [0.717, 1.165) is 11.8 Å². The van der Waals surface area contributed by atoms with E-state index in [2.05, 4.69) is 69.2 Å². The standard InChI is InChI=1S/2C9H20.C7H16O2/c1-8(2,3)7-9(4,5)6;1-8(2)6-5-7-9(3)4;1-6(2)8-5-9-7(3)4/h7H2,1-6H3;8-9H,5-7H2,1-4H3;6-7H,5H2,1-4H3. The Morgan fingerprint density at radius 2 is 0.852 bits per heavy atom. The smallest absolute Gasteiger partial charge is 0.147 e. The molecule has 0 aliphatic carbocycles. The van der Waals surface area contributed by atoms with Crippen LogP contribution in [0.1, 0.15) is 123 Å². The van der Waals surface area contributed by atoms with Gasteiger partial charge in [0, 0.05) is 0 Å². The van der Waals surface area contributed by atoms with Crippen molar-refractivity contribution in [1.82, 2.24) is 0 Å². The van der Waals surface area contributed by atoms with Gasteiger partial charge in [0.25, 0.3) is 0 Å². The van der Waals surface area contributed by atoms with Crippen LogP contribution in [0.3, 0.4) is 0 Å². The van der Waals surface area contributed by atoms with E-state index in [1.807, 2.05) is 27.7 Å². The molecular weight excluding hydrogens is 332 g/mol. The van der Waals surface area contributed by atoms with E-state index >= 15 is 0 Å². The molecule has 0 aliphatic heterocycles. The van der Waals surface area contributed by atoms with Crippen LogP contribution >= 0.6 is 0 Å². The minimum absolute atomic E-state index is 0.267. The van der Waals surface area contributed by atoms with Gasteiger partial charge in [-0.25, -0.2) is 0 Å². The zero-order valence-electron chi connectivity index (χ0n) is 21.7. The van der Waals surface area contributed by atoms with Crippen LogP contribution in [0.5, 0.6) is 0 Å². The van der Waals surface area contributed by atoms with Crippen molar-refractivity contribution in [3.63, 3.8) is 0 Å². The summed E-state index contributed by atoms with van der Waals surface area (Å²) in [5.41, 5.74) is 0.969. The summed E-state index contributed by atoms with van der Waals surface area (Å²) in [5.74, 6) is 1.78. The van der Waals surface area contributed by atoms with Gasteiger partial charge in [-0.2, -0.15) is 0 Å². The Labute approximate surface area is 174 Å². The second kappa shape index (κ2) is 16.8. The first kappa shape index (κ1) is 31.6. The van der Waals surface area contributed by atoms with E-state index in [9.17, 15) is 0 Å².